The first kappa shape index (κ1) is 13.4. The summed E-state index contributed by atoms with van der Waals surface area (Å²) in [5.74, 6) is 0.496. The Morgan fingerprint density at radius 1 is 1.11 bits per heavy atom. The zero-order valence-corrected chi connectivity index (χ0v) is 11.5. The van der Waals surface area contributed by atoms with Gasteiger partial charge in [-0.15, -0.1) is 0 Å². The third kappa shape index (κ3) is 3.48. The highest BCUT2D eigenvalue weighted by molar-refractivity contribution is 6.30. The average Bonchev–Trinajstić information content (AvgIpc) is 2.36. The van der Waals surface area contributed by atoms with Crippen molar-refractivity contribution >= 4 is 23.4 Å². The highest BCUT2D eigenvalue weighted by Crippen LogP contribution is 2.22. The van der Waals surface area contributed by atoms with Crippen molar-refractivity contribution in [1.29, 1.82) is 0 Å². The molecule has 0 atom stereocenters. The lowest BCUT2D eigenvalue weighted by molar-refractivity contribution is 0.215. The van der Waals surface area contributed by atoms with Crippen LogP contribution in [0.3, 0.4) is 0 Å². The summed E-state index contributed by atoms with van der Waals surface area (Å²) in [7, 11) is 0. The van der Waals surface area contributed by atoms with Crippen molar-refractivity contribution < 1.29 is 9.53 Å². The molecule has 3 nitrogen and oxygen atoms in total. The number of nitrogens with one attached hydrogen (secondary N) is 1. The average molecular weight is 276 g/mol. The van der Waals surface area contributed by atoms with E-state index in [1.807, 2.05) is 38.1 Å². The van der Waals surface area contributed by atoms with Crippen molar-refractivity contribution in [3.8, 4) is 5.75 Å². The molecule has 0 aliphatic heterocycles. The highest BCUT2D eigenvalue weighted by Gasteiger charge is 2.08. The molecule has 2 aromatic rings. The molecule has 2 rings (SSSR count). The van der Waals surface area contributed by atoms with Gasteiger partial charge in [-0.25, -0.2) is 4.79 Å². The van der Waals surface area contributed by atoms with E-state index in [1.165, 1.54) is 0 Å². The van der Waals surface area contributed by atoms with Crippen LogP contribution in [0.2, 0.25) is 5.02 Å². The zero-order valence-electron chi connectivity index (χ0n) is 10.7. The summed E-state index contributed by atoms with van der Waals surface area (Å²) in [6.45, 7) is 3.76. The summed E-state index contributed by atoms with van der Waals surface area (Å²) in [6.07, 6.45) is -0.514. The smallest absolute Gasteiger partial charge is 0.410 e. The Labute approximate surface area is 117 Å². The molecule has 0 aromatic heterocycles. The van der Waals surface area contributed by atoms with Crippen LogP contribution in [0.25, 0.3) is 0 Å². The van der Waals surface area contributed by atoms with Crippen LogP contribution >= 0.6 is 11.6 Å². The number of hydrogen-bond acceptors (Lipinski definition) is 2. The van der Waals surface area contributed by atoms with Gasteiger partial charge in [0.1, 0.15) is 5.75 Å². The van der Waals surface area contributed by atoms with E-state index < -0.39 is 6.09 Å². The van der Waals surface area contributed by atoms with Crippen molar-refractivity contribution in [2.24, 2.45) is 0 Å². The van der Waals surface area contributed by atoms with Gasteiger partial charge in [-0.05, 0) is 49.2 Å². The number of halogens is 1. The topological polar surface area (TPSA) is 38.3 Å². The first-order valence-electron chi connectivity index (χ1n) is 5.87. The normalized spacial score (nSPS) is 10.1. The van der Waals surface area contributed by atoms with Gasteiger partial charge in [0.2, 0.25) is 0 Å². The summed E-state index contributed by atoms with van der Waals surface area (Å²) in [4.78, 5) is 11.8. The Kier molecular flexibility index (Phi) is 4.07. The van der Waals surface area contributed by atoms with Gasteiger partial charge in [0, 0.05) is 10.7 Å². The molecule has 98 valence electrons. The van der Waals surface area contributed by atoms with Crippen molar-refractivity contribution in [2.75, 3.05) is 5.32 Å². The van der Waals surface area contributed by atoms with Gasteiger partial charge in [-0.1, -0.05) is 29.8 Å². The maximum atomic E-state index is 11.8. The maximum Gasteiger partial charge on any atom is 0.417 e. The molecular formula is C15H14ClNO2. The number of hydrogen-bond donors (Lipinski definition) is 1. The minimum Gasteiger partial charge on any atom is -0.410 e. The van der Waals surface area contributed by atoms with Gasteiger partial charge >= 0.3 is 6.09 Å². The maximum absolute atomic E-state index is 11.8. The van der Waals surface area contributed by atoms with E-state index in [0.29, 0.717) is 10.8 Å². The number of rotatable bonds is 2. The van der Waals surface area contributed by atoms with Crippen molar-refractivity contribution in [3.63, 3.8) is 0 Å². The number of para-hydroxylation sites is 1. The van der Waals surface area contributed by atoms with E-state index in [2.05, 4.69) is 5.32 Å². The molecule has 19 heavy (non-hydrogen) atoms. The largest absolute Gasteiger partial charge is 0.417 e. The fourth-order valence-corrected chi connectivity index (χ4v) is 1.90. The Morgan fingerprint density at radius 2 is 1.84 bits per heavy atom. The molecule has 0 aliphatic carbocycles. The molecule has 0 fully saturated rings. The Morgan fingerprint density at radius 3 is 2.53 bits per heavy atom. The van der Waals surface area contributed by atoms with Crippen LogP contribution in [0.5, 0.6) is 5.75 Å². The molecule has 0 radical (unpaired) electrons. The van der Waals surface area contributed by atoms with E-state index in [4.69, 9.17) is 16.3 Å². The fraction of sp³-hybridized carbons (Fsp3) is 0.133. The zero-order chi connectivity index (χ0) is 13.8. The van der Waals surface area contributed by atoms with E-state index in [1.54, 1.807) is 18.2 Å². The standard InChI is InChI=1S/C15H14ClNO2/c1-10-5-3-4-6-13(10)17-15(18)19-14-8-7-12(16)9-11(14)2/h3-9H,1-2H3,(H,17,18). The molecular weight excluding hydrogens is 262 g/mol. The lowest BCUT2D eigenvalue weighted by Gasteiger charge is -2.10. The van der Waals surface area contributed by atoms with Gasteiger partial charge in [0.25, 0.3) is 0 Å². The number of amides is 1. The van der Waals surface area contributed by atoms with Crippen molar-refractivity contribution in [3.05, 3.63) is 58.6 Å². The summed E-state index contributed by atoms with van der Waals surface area (Å²) < 4.78 is 5.25. The molecule has 0 saturated heterocycles. The van der Waals surface area contributed by atoms with Gasteiger partial charge in [-0.2, -0.15) is 0 Å². The fourth-order valence-electron chi connectivity index (χ4n) is 1.68. The quantitative estimate of drug-likeness (QED) is 0.872. The number of aryl methyl sites for hydroxylation is 2. The predicted molar refractivity (Wildman–Crippen MR) is 77.0 cm³/mol. The molecule has 0 spiro atoms. The molecule has 1 N–H and O–H groups in total. The molecule has 2 aromatic carbocycles. The molecule has 0 unspecified atom stereocenters. The number of anilines is 1. The van der Waals surface area contributed by atoms with Crippen LogP contribution in [0.1, 0.15) is 11.1 Å². The molecule has 0 saturated carbocycles. The van der Waals surface area contributed by atoms with Crippen LogP contribution < -0.4 is 10.1 Å². The van der Waals surface area contributed by atoms with Crippen LogP contribution in [0.15, 0.2) is 42.5 Å². The van der Waals surface area contributed by atoms with Gasteiger partial charge in [0.15, 0.2) is 0 Å². The summed E-state index contributed by atoms with van der Waals surface area (Å²) in [5, 5.41) is 3.32. The third-order valence-electron chi connectivity index (χ3n) is 2.72. The SMILES string of the molecule is Cc1ccccc1NC(=O)Oc1ccc(Cl)cc1C. The van der Waals surface area contributed by atoms with E-state index >= 15 is 0 Å². The van der Waals surface area contributed by atoms with Gasteiger partial charge in [-0.3, -0.25) is 5.32 Å². The number of ether oxygens (including phenoxy) is 1. The lowest BCUT2D eigenvalue weighted by atomic mass is 10.2. The number of carbonyl (C=O) groups is 1. The second-order valence-electron chi connectivity index (χ2n) is 4.24. The molecule has 0 heterocycles. The molecule has 0 aliphatic rings. The van der Waals surface area contributed by atoms with E-state index in [0.717, 1.165) is 16.8 Å². The van der Waals surface area contributed by atoms with Crippen molar-refractivity contribution in [1.82, 2.24) is 0 Å². The summed E-state index contributed by atoms with van der Waals surface area (Å²) in [5.41, 5.74) is 2.53. The third-order valence-corrected chi connectivity index (χ3v) is 2.96. The van der Waals surface area contributed by atoms with Crippen LogP contribution in [0.4, 0.5) is 10.5 Å². The van der Waals surface area contributed by atoms with Crippen LogP contribution in [0, 0.1) is 13.8 Å². The molecule has 0 bridgehead atoms. The lowest BCUT2D eigenvalue weighted by Crippen LogP contribution is -2.17. The van der Waals surface area contributed by atoms with Gasteiger partial charge in [0.05, 0.1) is 0 Å². The Hall–Kier alpha value is -2.00. The highest BCUT2D eigenvalue weighted by atomic mass is 35.5. The summed E-state index contributed by atoms with van der Waals surface area (Å²) >= 11 is 5.85. The van der Waals surface area contributed by atoms with Gasteiger partial charge < -0.3 is 4.74 Å². The second kappa shape index (κ2) is 5.76. The number of benzene rings is 2. The number of carbonyl (C=O) groups excluding carboxylic acids is 1. The second-order valence-corrected chi connectivity index (χ2v) is 4.68. The Balaban J connectivity index is 2.08. The monoisotopic (exact) mass is 275 g/mol. The first-order valence-corrected chi connectivity index (χ1v) is 6.24. The predicted octanol–water partition coefficient (Wildman–Crippen LogP) is 4.57. The van der Waals surface area contributed by atoms with Crippen molar-refractivity contribution in [2.45, 2.75) is 13.8 Å². The van der Waals surface area contributed by atoms with Crippen LogP contribution in [-0.4, -0.2) is 6.09 Å². The van der Waals surface area contributed by atoms with E-state index in [-0.39, 0.29) is 0 Å². The summed E-state index contributed by atoms with van der Waals surface area (Å²) in [6, 6.07) is 12.6. The van der Waals surface area contributed by atoms with Crippen LogP contribution in [-0.2, 0) is 0 Å². The minimum atomic E-state index is -0.514. The first-order chi connectivity index (χ1) is 9.06. The molecule has 1 amide bonds. The molecule has 4 heteroatoms. The minimum absolute atomic E-state index is 0.496. The van der Waals surface area contributed by atoms with E-state index in [9.17, 15) is 4.79 Å². The Bertz CT molecular complexity index is 611.